The van der Waals surface area contributed by atoms with Gasteiger partial charge >= 0.3 is 0 Å². The van der Waals surface area contributed by atoms with E-state index in [0.29, 0.717) is 13.2 Å². The van der Waals surface area contributed by atoms with E-state index in [1.165, 1.54) is 0 Å². The third-order valence-electron chi connectivity index (χ3n) is 5.04. The molecule has 5 heteroatoms. The van der Waals surface area contributed by atoms with Crippen LogP contribution in [-0.4, -0.2) is 36.0 Å². The largest absolute Gasteiger partial charge is 0.351 e. The summed E-state index contributed by atoms with van der Waals surface area (Å²) in [5.74, 6) is -0.435. The van der Waals surface area contributed by atoms with Gasteiger partial charge in [-0.05, 0) is 25.7 Å². The van der Waals surface area contributed by atoms with Gasteiger partial charge in [0.05, 0.1) is 18.8 Å². The van der Waals surface area contributed by atoms with Crippen molar-refractivity contribution in [2.45, 2.75) is 76.2 Å². The molecule has 0 atom stereocenters. The van der Waals surface area contributed by atoms with E-state index in [1.807, 2.05) is 0 Å². The molecule has 3 N–H and O–H groups in total. The van der Waals surface area contributed by atoms with Crippen LogP contribution in [0.25, 0.3) is 0 Å². The molecule has 20 heavy (non-hydrogen) atoms. The first-order valence-electron chi connectivity index (χ1n) is 7.72. The summed E-state index contributed by atoms with van der Waals surface area (Å²) in [6.45, 7) is 6.88. The van der Waals surface area contributed by atoms with Gasteiger partial charge in [0.2, 0.25) is 5.91 Å². The summed E-state index contributed by atoms with van der Waals surface area (Å²) in [7, 11) is 0. The van der Waals surface area contributed by atoms with Crippen LogP contribution in [0.5, 0.6) is 0 Å². The number of hydrogen-bond acceptors (Lipinski definition) is 4. The highest BCUT2D eigenvalue weighted by Crippen LogP contribution is 2.42. The average Bonchev–Trinajstić information content (AvgIpc) is 2.45. The fraction of sp³-hybridized carbons (Fsp3) is 0.933. The minimum atomic E-state index is -0.477. The number of ether oxygens (including phenoxy) is 2. The minimum Gasteiger partial charge on any atom is -0.351 e. The van der Waals surface area contributed by atoms with Gasteiger partial charge < -0.3 is 20.5 Å². The first-order valence-corrected chi connectivity index (χ1v) is 7.72. The Hall–Kier alpha value is -0.650. The summed E-state index contributed by atoms with van der Waals surface area (Å²) >= 11 is 0. The molecule has 0 aromatic heterocycles. The van der Waals surface area contributed by atoms with Crippen molar-refractivity contribution in [2.75, 3.05) is 13.2 Å². The summed E-state index contributed by atoms with van der Waals surface area (Å²) < 4.78 is 12.0. The molecule has 1 saturated heterocycles. The fourth-order valence-electron chi connectivity index (χ4n) is 3.18. The van der Waals surface area contributed by atoms with Gasteiger partial charge in [-0.15, -0.1) is 0 Å². The molecule has 1 spiro atoms. The van der Waals surface area contributed by atoms with Crippen molar-refractivity contribution in [3.8, 4) is 0 Å². The maximum Gasteiger partial charge on any atom is 0.217 e. The van der Waals surface area contributed by atoms with Crippen molar-refractivity contribution < 1.29 is 14.3 Å². The lowest BCUT2D eigenvalue weighted by atomic mass is 9.76. The molecule has 0 radical (unpaired) electrons. The number of carbonyl (C=O) groups is 1. The van der Waals surface area contributed by atoms with E-state index in [4.69, 9.17) is 15.2 Å². The van der Waals surface area contributed by atoms with Crippen molar-refractivity contribution in [1.82, 2.24) is 5.32 Å². The molecule has 0 unspecified atom stereocenters. The Balaban J connectivity index is 1.95. The Labute approximate surface area is 121 Å². The van der Waals surface area contributed by atoms with Crippen LogP contribution in [0.2, 0.25) is 0 Å². The molecule has 1 saturated carbocycles. The van der Waals surface area contributed by atoms with E-state index in [2.05, 4.69) is 19.2 Å². The third-order valence-corrected chi connectivity index (χ3v) is 5.04. The molecule has 116 valence electrons. The van der Waals surface area contributed by atoms with Crippen molar-refractivity contribution >= 4 is 5.91 Å². The number of amides is 1. The summed E-state index contributed by atoms with van der Waals surface area (Å²) in [4.78, 5) is 11.4. The SMILES string of the molecule is CCC1(N)COC2(CCC(CC)(NC(C)=O)CC2)OC1. The smallest absolute Gasteiger partial charge is 0.217 e. The van der Waals surface area contributed by atoms with Gasteiger partial charge in [0.1, 0.15) is 0 Å². The molecule has 2 rings (SSSR count). The van der Waals surface area contributed by atoms with Crippen LogP contribution in [0.15, 0.2) is 0 Å². The Morgan fingerprint density at radius 2 is 1.65 bits per heavy atom. The third kappa shape index (κ3) is 3.15. The Morgan fingerprint density at radius 3 is 2.05 bits per heavy atom. The number of carbonyl (C=O) groups excluding carboxylic acids is 1. The lowest BCUT2D eigenvalue weighted by Gasteiger charge is -2.50. The molecular formula is C15H28N2O3. The summed E-state index contributed by atoms with van der Waals surface area (Å²) in [6.07, 6.45) is 5.23. The zero-order chi connectivity index (χ0) is 14.9. The van der Waals surface area contributed by atoms with E-state index < -0.39 is 5.79 Å². The zero-order valence-corrected chi connectivity index (χ0v) is 13.0. The van der Waals surface area contributed by atoms with Gasteiger partial charge in [0.15, 0.2) is 5.79 Å². The van der Waals surface area contributed by atoms with E-state index in [9.17, 15) is 4.79 Å². The maximum absolute atomic E-state index is 11.4. The molecule has 1 aliphatic carbocycles. The van der Waals surface area contributed by atoms with Crippen molar-refractivity contribution in [3.05, 3.63) is 0 Å². The van der Waals surface area contributed by atoms with Crippen LogP contribution in [0, 0.1) is 0 Å². The van der Waals surface area contributed by atoms with Crippen LogP contribution >= 0.6 is 0 Å². The number of nitrogens with one attached hydrogen (secondary N) is 1. The standard InChI is InChI=1S/C15H28N2O3/c1-4-13(16)10-19-15(20-11-13)8-6-14(5-2,7-9-15)17-12(3)18/h4-11,16H2,1-3H3,(H,17,18). The lowest BCUT2D eigenvalue weighted by Crippen LogP contribution is -2.61. The quantitative estimate of drug-likeness (QED) is 0.827. The number of rotatable bonds is 3. The van der Waals surface area contributed by atoms with Gasteiger partial charge in [-0.3, -0.25) is 4.79 Å². The first kappa shape index (κ1) is 15.7. The monoisotopic (exact) mass is 284 g/mol. The molecule has 1 aliphatic heterocycles. The molecule has 1 amide bonds. The van der Waals surface area contributed by atoms with Crippen LogP contribution in [-0.2, 0) is 14.3 Å². The van der Waals surface area contributed by atoms with Gasteiger partial charge in [-0.2, -0.15) is 0 Å². The van der Waals surface area contributed by atoms with Crippen molar-refractivity contribution in [3.63, 3.8) is 0 Å². The van der Waals surface area contributed by atoms with Crippen LogP contribution < -0.4 is 11.1 Å². The maximum atomic E-state index is 11.4. The second-order valence-corrected chi connectivity index (χ2v) is 6.52. The lowest BCUT2D eigenvalue weighted by molar-refractivity contribution is -0.303. The second-order valence-electron chi connectivity index (χ2n) is 6.52. The summed E-state index contributed by atoms with van der Waals surface area (Å²) in [5, 5.41) is 3.12. The molecule has 2 aliphatic rings. The molecule has 1 heterocycles. The highest BCUT2D eigenvalue weighted by Gasteiger charge is 2.48. The van der Waals surface area contributed by atoms with Crippen molar-refractivity contribution in [1.29, 1.82) is 0 Å². The molecular weight excluding hydrogens is 256 g/mol. The number of hydrogen-bond donors (Lipinski definition) is 2. The van der Waals surface area contributed by atoms with Gasteiger partial charge in [0, 0.05) is 25.3 Å². The van der Waals surface area contributed by atoms with E-state index in [0.717, 1.165) is 38.5 Å². The van der Waals surface area contributed by atoms with E-state index in [1.54, 1.807) is 6.92 Å². The highest BCUT2D eigenvalue weighted by molar-refractivity contribution is 5.73. The predicted molar refractivity (Wildman–Crippen MR) is 77.2 cm³/mol. The Kier molecular flexibility index (Phi) is 4.42. The van der Waals surface area contributed by atoms with Crippen LogP contribution in [0.3, 0.4) is 0 Å². The topological polar surface area (TPSA) is 73.6 Å². The fourth-order valence-corrected chi connectivity index (χ4v) is 3.18. The summed E-state index contributed by atoms with van der Waals surface area (Å²) in [5.41, 5.74) is 5.75. The van der Waals surface area contributed by atoms with Gasteiger partial charge in [-0.1, -0.05) is 13.8 Å². The van der Waals surface area contributed by atoms with Gasteiger partial charge in [-0.25, -0.2) is 0 Å². The minimum absolute atomic E-state index is 0.0419. The van der Waals surface area contributed by atoms with E-state index >= 15 is 0 Å². The molecule has 0 aromatic rings. The van der Waals surface area contributed by atoms with Crippen LogP contribution in [0.4, 0.5) is 0 Å². The average molecular weight is 284 g/mol. The highest BCUT2D eigenvalue weighted by atomic mass is 16.7. The summed E-state index contributed by atoms with van der Waals surface area (Å²) in [6, 6.07) is 0. The van der Waals surface area contributed by atoms with Gasteiger partial charge in [0.25, 0.3) is 0 Å². The second kappa shape index (κ2) is 5.62. The zero-order valence-electron chi connectivity index (χ0n) is 13.0. The first-order chi connectivity index (χ1) is 9.37. The normalized spacial score (nSPS) is 41.6. The Bertz CT molecular complexity index is 352. The molecule has 0 bridgehead atoms. The predicted octanol–water partition coefficient (Wildman–Crippen LogP) is 1.70. The Morgan fingerprint density at radius 1 is 1.10 bits per heavy atom. The molecule has 0 aromatic carbocycles. The molecule has 5 nitrogen and oxygen atoms in total. The van der Waals surface area contributed by atoms with E-state index in [-0.39, 0.29) is 17.0 Å². The van der Waals surface area contributed by atoms with Crippen molar-refractivity contribution in [2.24, 2.45) is 5.73 Å². The number of nitrogens with two attached hydrogens (primary N) is 1. The van der Waals surface area contributed by atoms with Crippen LogP contribution in [0.1, 0.15) is 59.3 Å². The molecule has 2 fully saturated rings.